The molecule has 5 heteroatoms. The zero-order chi connectivity index (χ0) is 16.9. The third kappa shape index (κ3) is 2.54. The SMILES string of the molecule is Cc1ccc([C@@H]2Nc3ccc(S(N)(=O)=O)cc3[C@H]3C=CCC32)cc1. The van der Waals surface area contributed by atoms with Crippen LogP contribution in [0.3, 0.4) is 0 Å². The van der Waals surface area contributed by atoms with Gasteiger partial charge in [-0.25, -0.2) is 13.6 Å². The molecule has 4 nitrogen and oxygen atoms in total. The van der Waals surface area contributed by atoms with E-state index in [-0.39, 0.29) is 16.9 Å². The molecule has 1 aliphatic carbocycles. The second-order valence-electron chi connectivity index (χ2n) is 6.68. The average molecular weight is 340 g/mol. The summed E-state index contributed by atoms with van der Waals surface area (Å²) in [6.45, 7) is 2.09. The van der Waals surface area contributed by atoms with E-state index in [1.54, 1.807) is 12.1 Å². The second kappa shape index (κ2) is 5.46. The molecular weight excluding hydrogens is 320 g/mol. The number of allylic oxidation sites excluding steroid dienone is 2. The van der Waals surface area contributed by atoms with Crippen molar-refractivity contribution in [3.63, 3.8) is 0 Å². The number of nitrogens with two attached hydrogens (primary N) is 1. The number of rotatable bonds is 2. The molecule has 0 aromatic heterocycles. The van der Waals surface area contributed by atoms with Crippen molar-refractivity contribution in [3.05, 3.63) is 71.3 Å². The molecule has 1 aliphatic heterocycles. The zero-order valence-corrected chi connectivity index (χ0v) is 14.3. The largest absolute Gasteiger partial charge is 0.378 e. The highest BCUT2D eigenvalue weighted by Crippen LogP contribution is 2.50. The van der Waals surface area contributed by atoms with Crippen LogP contribution < -0.4 is 10.5 Å². The van der Waals surface area contributed by atoms with Gasteiger partial charge in [-0.2, -0.15) is 0 Å². The predicted octanol–water partition coefficient (Wildman–Crippen LogP) is 3.47. The Hall–Kier alpha value is -2.11. The van der Waals surface area contributed by atoms with Crippen molar-refractivity contribution in [2.75, 3.05) is 5.32 Å². The molecule has 2 aromatic rings. The highest BCUT2D eigenvalue weighted by Gasteiger charge is 2.38. The van der Waals surface area contributed by atoms with Gasteiger partial charge in [0.05, 0.1) is 10.9 Å². The maximum atomic E-state index is 11.7. The van der Waals surface area contributed by atoms with Gasteiger partial charge in [-0.1, -0.05) is 42.0 Å². The molecule has 0 fully saturated rings. The number of fused-ring (bicyclic) bond motifs is 3. The van der Waals surface area contributed by atoms with Crippen LogP contribution in [0.2, 0.25) is 0 Å². The van der Waals surface area contributed by atoms with Gasteiger partial charge >= 0.3 is 0 Å². The van der Waals surface area contributed by atoms with Gasteiger partial charge in [0.15, 0.2) is 0 Å². The topological polar surface area (TPSA) is 72.2 Å². The summed E-state index contributed by atoms with van der Waals surface area (Å²) in [6.07, 6.45) is 5.37. The highest BCUT2D eigenvalue weighted by molar-refractivity contribution is 7.89. The van der Waals surface area contributed by atoms with Crippen molar-refractivity contribution >= 4 is 15.7 Å². The van der Waals surface area contributed by atoms with E-state index in [0.29, 0.717) is 5.92 Å². The van der Waals surface area contributed by atoms with Gasteiger partial charge in [-0.05, 0) is 48.6 Å². The van der Waals surface area contributed by atoms with Crippen LogP contribution in [0.25, 0.3) is 0 Å². The number of hydrogen-bond acceptors (Lipinski definition) is 3. The Kier molecular flexibility index (Phi) is 3.51. The summed E-state index contributed by atoms with van der Waals surface area (Å²) in [6, 6.07) is 14.0. The molecule has 0 amide bonds. The number of hydrogen-bond donors (Lipinski definition) is 2. The summed E-state index contributed by atoms with van der Waals surface area (Å²) >= 11 is 0. The van der Waals surface area contributed by atoms with Crippen LogP contribution in [0.15, 0.2) is 59.5 Å². The smallest absolute Gasteiger partial charge is 0.238 e. The third-order valence-corrected chi connectivity index (χ3v) is 6.01. The van der Waals surface area contributed by atoms with Crippen LogP contribution in [0.1, 0.15) is 35.1 Å². The van der Waals surface area contributed by atoms with Crippen molar-refractivity contribution in [1.29, 1.82) is 0 Å². The Labute approximate surface area is 142 Å². The lowest BCUT2D eigenvalue weighted by molar-refractivity contribution is 0.425. The molecule has 3 atom stereocenters. The molecule has 2 aliphatic rings. The molecule has 0 spiro atoms. The Morgan fingerprint density at radius 1 is 1.12 bits per heavy atom. The lowest BCUT2D eigenvalue weighted by Crippen LogP contribution is -2.29. The maximum absolute atomic E-state index is 11.7. The fourth-order valence-corrected chi connectivity index (χ4v) is 4.40. The van der Waals surface area contributed by atoms with Gasteiger partial charge in [0.1, 0.15) is 0 Å². The molecule has 0 bridgehead atoms. The van der Waals surface area contributed by atoms with Crippen LogP contribution in [0.4, 0.5) is 5.69 Å². The van der Waals surface area contributed by atoms with E-state index >= 15 is 0 Å². The first-order chi connectivity index (χ1) is 11.4. The van der Waals surface area contributed by atoms with Crippen molar-refractivity contribution < 1.29 is 8.42 Å². The highest BCUT2D eigenvalue weighted by atomic mass is 32.2. The average Bonchev–Trinajstić information content (AvgIpc) is 3.03. The minimum absolute atomic E-state index is 0.177. The van der Waals surface area contributed by atoms with Gasteiger partial charge in [-0.3, -0.25) is 0 Å². The fraction of sp³-hybridized carbons (Fsp3) is 0.263. The quantitative estimate of drug-likeness (QED) is 0.822. The molecule has 0 radical (unpaired) electrons. The molecule has 124 valence electrons. The third-order valence-electron chi connectivity index (χ3n) is 5.10. The van der Waals surface area contributed by atoms with E-state index < -0.39 is 10.0 Å². The molecule has 3 N–H and O–H groups in total. The molecule has 4 rings (SSSR count). The number of benzene rings is 2. The molecule has 0 saturated heterocycles. The molecular formula is C19H20N2O2S. The minimum Gasteiger partial charge on any atom is -0.378 e. The monoisotopic (exact) mass is 340 g/mol. The van der Waals surface area contributed by atoms with E-state index in [0.717, 1.165) is 17.7 Å². The maximum Gasteiger partial charge on any atom is 0.238 e. The molecule has 1 unspecified atom stereocenters. The summed E-state index contributed by atoms with van der Waals surface area (Å²) in [5.74, 6) is 0.602. The Balaban J connectivity index is 1.79. The van der Waals surface area contributed by atoms with Gasteiger partial charge in [0, 0.05) is 11.6 Å². The number of aryl methyl sites for hydroxylation is 1. The first-order valence-corrected chi connectivity index (χ1v) is 9.64. The normalized spacial score (nSPS) is 25.0. The van der Waals surface area contributed by atoms with E-state index in [4.69, 9.17) is 5.14 Å². The van der Waals surface area contributed by atoms with E-state index in [1.165, 1.54) is 11.1 Å². The van der Waals surface area contributed by atoms with Crippen molar-refractivity contribution in [1.82, 2.24) is 0 Å². The van der Waals surface area contributed by atoms with E-state index in [9.17, 15) is 8.42 Å². The Bertz CT molecular complexity index is 917. The van der Waals surface area contributed by atoms with Crippen molar-refractivity contribution in [2.24, 2.45) is 11.1 Å². The standard InChI is InChI=1S/C19H20N2O2S/c1-12-5-7-13(8-6-12)19-16-4-2-3-15(16)17-11-14(24(20,22)23)9-10-18(17)21-19/h2-3,5-11,15-16,19,21H,4H2,1H3,(H2,20,22,23)/t15-,16?,19-/m0/s1. The molecule has 1 heterocycles. The molecule has 2 aromatic carbocycles. The van der Waals surface area contributed by atoms with Gasteiger partial charge < -0.3 is 5.32 Å². The zero-order valence-electron chi connectivity index (χ0n) is 13.4. The second-order valence-corrected chi connectivity index (χ2v) is 8.24. The first-order valence-electron chi connectivity index (χ1n) is 8.10. The summed E-state index contributed by atoms with van der Waals surface area (Å²) in [7, 11) is -3.69. The van der Waals surface area contributed by atoms with E-state index in [1.807, 2.05) is 6.07 Å². The summed E-state index contributed by atoms with van der Waals surface area (Å²) in [4.78, 5) is 0.177. The number of nitrogens with one attached hydrogen (secondary N) is 1. The number of sulfonamides is 1. The number of anilines is 1. The van der Waals surface area contributed by atoms with Gasteiger partial charge in [0.25, 0.3) is 0 Å². The predicted molar refractivity (Wildman–Crippen MR) is 95.3 cm³/mol. The minimum atomic E-state index is -3.69. The van der Waals surface area contributed by atoms with Crippen molar-refractivity contribution in [2.45, 2.75) is 30.2 Å². The van der Waals surface area contributed by atoms with Crippen LogP contribution in [0, 0.1) is 12.8 Å². The summed E-state index contributed by atoms with van der Waals surface area (Å²) in [5.41, 5.74) is 4.51. The molecule has 24 heavy (non-hydrogen) atoms. The summed E-state index contributed by atoms with van der Waals surface area (Å²) in [5, 5.41) is 8.90. The van der Waals surface area contributed by atoms with Crippen LogP contribution >= 0.6 is 0 Å². The number of primary sulfonamides is 1. The lowest BCUT2D eigenvalue weighted by Gasteiger charge is -2.37. The fourth-order valence-electron chi connectivity index (χ4n) is 3.85. The summed E-state index contributed by atoms with van der Waals surface area (Å²) < 4.78 is 23.3. The Morgan fingerprint density at radius 3 is 2.58 bits per heavy atom. The van der Waals surface area contributed by atoms with Gasteiger partial charge in [0.2, 0.25) is 10.0 Å². The van der Waals surface area contributed by atoms with Gasteiger partial charge in [-0.15, -0.1) is 0 Å². The van der Waals surface area contributed by atoms with Crippen molar-refractivity contribution in [3.8, 4) is 0 Å². The Morgan fingerprint density at radius 2 is 1.88 bits per heavy atom. The lowest BCUT2D eigenvalue weighted by atomic mass is 9.77. The van der Waals surface area contributed by atoms with E-state index in [2.05, 4.69) is 48.7 Å². The van der Waals surface area contributed by atoms with Crippen LogP contribution in [-0.2, 0) is 10.0 Å². The van der Waals surface area contributed by atoms with Crippen LogP contribution in [-0.4, -0.2) is 8.42 Å². The first kappa shape index (κ1) is 15.4. The van der Waals surface area contributed by atoms with Crippen LogP contribution in [0.5, 0.6) is 0 Å². The molecule has 0 saturated carbocycles.